The minimum atomic E-state index is -3.63. The third-order valence-corrected chi connectivity index (χ3v) is 1.79. The number of hydrogen-bond acceptors (Lipinski definition) is 4. The van der Waals surface area contributed by atoms with Crippen molar-refractivity contribution in [1.82, 2.24) is 4.72 Å². The predicted molar refractivity (Wildman–Crippen MR) is 43.2 cm³/mol. The minimum absolute atomic E-state index is 0.664. The van der Waals surface area contributed by atoms with E-state index in [2.05, 4.69) is 0 Å². The lowest BCUT2D eigenvalue weighted by molar-refractivity contribution is -0.139. The van der Waals surface area contributed by atoms with Gasteiger partial charge in [-0.1, -0.05) is 0 Å². The molecule has 4 N–H and O–H groups in total. The van der Waals surface area contributed by atoms with Gasteiger partial charge in [0.1, 0.15) is 6.04 Å². The first kappa shape index (κ1) is 11.8. The summed E-state index contributed by atoms with van der Waals surface area (Å²) in [5.74, 6) is -2.33. The Kier molecular flexibility index (Phi) is 3.82. The number of rotatable bonds is 5. The van der Waals surface area contributed by atoms with Gasteiger partial charge in [-0.05, 0) is 0 Å². The summed E-state index contributed by atoms with van der Waals surface area (Å²) in [6.45, 7) is 0. The number of carboxylic acid groups (broad SMARTS) is 1. The lowest BCUT2D eigenvalue weighted by Gasteiger charge is -2.10. The number of nitrogens with one attached hydrogen (secondary N) is 1. The Hall–Kier alpha value is -1.15. The maximum absolute atomic E-state index is 10.6. The van der Waals surface area contributed by atoms with Crippen molar-refractivity contribution in [2.45, 2.75) is 12.5 Å². The summed E-state index contributed by atoms with van der Waals surface area (Å²) in [5, 5.41) is 8.29. The molecule has 0 saturated carbocycles. The molecule has 0 fully saturated rings. The molecule has 0 unspecified atom stereocenters. The van der Waals surface area contributed by atoms with Crippen molar-refractivity contribution < 1.29 is 23.1 Å². The number of hydrogen-bond donors (Lipinski definition) is 3. The van der Waals surface area contributed by atoms with E-state index in [1.54, 1.807) is 4.72 Å². The second-order valence-electron chi connectivity index (χ2n) is 2.44. The highest BCUT2D eigenvalue weighted by Crippen LogP contribution is 1.93. The van der Waals surface area contributed by atoms with Crippen LogP contribution >= 0.6 is 0 Å². The molecule has 0 spiro atoms. The number of amides is 1. The number of carbonyl (C=O) groups excluding carboxylic acids is 1. The summed E-state index contributed by atoms with van der Waals surface area (Å²) in [7, 11) is -3.63. The van der Waals surface area contributed by atoms with Crippen molar-refractivity contribution >= 4 is 21.9 Å². The second-order valence-corrected chi connectivity index (χ2v) is 4.22. The monoisotopic (exact) mass is 210 g/mol. The van der Waals surface area contributed by atoms with E-state index in [1.807, 2.05) is 0 Å². The minimum Gasteiger partial charge on any atom is -0.481 e. The highest BCUT2D eigenvalue weighted by Gasteiger charge is 2.22. The Morgan fingerprint density at radius 2 is 2.00 bits per heavy atom. The molecule has 13 heavy (non-hydrogen) atoms. The lowest BCUT2D eigenvalue weighted by atomic mass is 10.2. The van der Waals surface area contributed by atoms with Crippen LogP contribution < -0.4 is 10.5 Å². The summed E-state index contributed by atoms with van der Waals surface area (Å²) < 4.78 is 23.0. The van der Waals surface area contributed by atoms with Crippen LogP contribution in [0.5, 0.6) is 0 Å². The number of nitrogens with two attached hydrogens (primary N) is 1. The fourth-order valence-corrected chi connectivity index (χ4v) is 1.35. The van der Waals surface area contributed by atoms with Crippen molar-refractivity contribution in [3.8, 4) is 0 Å². The zero-order valence-electron chi connectivity index (χ0n) is 6.85. The van der Waals surface area contributed by atoms with Crippen LogP contribution in [0.3, 0.4) is 0 Å². The van der Waals surface area contributed by atoms with Crippen molar-refractivity contribution in [3.63, 3.8) is 0 Å². The summed E-state index contributed by atoms with van der Waals surface area (Å²) >= 11 is 0. The van der Waals surface area contributed by atoms with Gasteiger partial charge in [0.25, 0.3) is 0 Å². The quantitative estimate of drug-likeness (QED) is 0.477. The molecule has 0 aromatic rings. The molecule has 0 heterocycles. The zero-order valence-corrected chi connectivity index (χ0v) is 7.67. The molecule has 8 heteroatoms. The smallest absolute Gasteiger partial charge is 0.305 e. The fraction of sp³-hybridized carbons (Fsp3) is 0.600. The van der Waals surface area contributed by atoms with E-state index in [0.717, 1.165) is 6.26 Å². The van der Waals surface area contributed by atoms with Gasteiger partial charge in [0.15, 0.2) is 0 Å². The molecule has 76 valence electrons. The van der Waals surface area contributed by atoms with Gasteiger partial charge in [-0.2, -0.15) is 0 Å². The second kappa shape index (κ2) is 4.19. The topological polar surface area (TPSA) is 127 Å². The van der Waals surface area contributed by atoms with Gasteiger partial charge in [0.05, 0.1) is 12.7 Å². The lowest BCUT2D eigenvalue weighted by Crippen LogP contribution is -2.45. The number of primary amides is 1. The van der Waals surface area contributed by atoms with Gasteiger partial charge >= 0.3 is 5.97 Å². The van der Waals surface area contributed by atoms with Gasteiger partial charge in [-0.15, -0.1) is 0 Å². The number of sulfonamides is 1. The molecule has 1 amide bonds. The molecule has 0 aliphatic heterocycles. The molecular formula is C5H10N2O5S. The maximum Gasteiger partial charge on any atom is 0.305 e. The predicted octanol–water partition coefficient (Wildman–Crippen LogP) is -2.14. The first-order valence-electron chi connectivity index (χ1n) is 3.21. The van der Waals surface area contributed by atoms with Gasteiger partial charge in [0.2, 0.25) is 15.9 Å². The Labute approximate surface area is 75.0 Å². The van der Waals surface area contributed by atoms with Crippen molar-refractivity contribution in [3.05, 3.63) is 0 Å². The van der Waals surface area contributed by atoms with Crippen molar-refractivity contribution in [2.24, 2.45) is 5.73 Å². The van der Waals surface area contributed by atoms with Crippen LogP contribution in [0.25, 0.3) is 0 Å². The van der Waals surface area contributed by atoms with E-state index >= 15 is 0 Å². The van der Waals surface area contributed by atoms with E-state index in [-0.39, 0.29) is 0 Å². The molecule has 0 aliphatic rings. The molecular weight excluding hydrogens is 200 g/mol. The average molecular weight is 210 g/mol. The van der Waals surface area contributed by atoms with E-state index in [9.17, 15) is 18.0 Å². The Bertz CT molecular complexity index is 309. The Balaban J connectivity index is 4.45. The van der Waals surface area contributed by atoms with E-state index < -0.39 is 34.4 Å². The zero-order chi connectivity index (χ0) is 10.6. The Morgan fingerprint density at radius 1 is 1.54 bits per heavy atom. The van der Waals surface area contributed by atoms with E-state index in [4.69, 9.17) is 10.8 Å². The molecule has 0 aromatic carbocycles. The van der Waals surface area contributed by atoms with Crippen LogP contribution in [-0.2, 0) is 19.6 Å². The Morgan fingerprint density at radius 3 is 2.23 bits per heavy atom. The van der Waals surface area contributed by atoms with Crippen LogP contribution in [0, 0.1) is 0 Å². The van der Waals surface area contributed by atoms with Crippen molar-refractivity contribution in [2.75, 3.05) is 6.26 Å². The van der Waals surface area contributed by atoms with Gasteiger partial charge < -0.3 is 10.8 Å². The van der Waals surface area contributed by atoms with Crippen LogP contribution in [0.2, 0.25) is 0 Å². The SMILES string of the molecule is CS(=O)(=O)N[C@H](CC(=O)O)C(N)=O. The molecule has 0 bridgehead atoms. The molecule has 0 rings (SSSR count). The third kappa shape index (κ3) is 6.05. The first-order chi connectivity index (χ1) is 5.72. The molecule has 7 nitrogen and oxygen atoms in total. The van der Waals surface area contributed by atoms with Crippen LogP contribution in [0.1, 0.15) is 6.42 Å². The van der Waals surface area contributed by atoms with Crippen molar-refractivity contribution in [1.29, 1.82) is 0 Å². The van der Waals surface area contributed by atoms with Crippen LogP contribution in [-0.4, -0.2) is 37.7 Å². The summed E-state index contributed by atoms with van der Waals surface area (Å²) in [6, 6.07) is -1.40. The molecule has 0 radical (unpaired) electrons. The molecule has 0 aliphatic carbocycles. The van der Waals surface area contributed by atoms with Crippen LogP contribution in [0.15, 0.2) is 0 Å². The summed E-state index contributed by atoms with van der Waals surface area (Å²) in [6.07, 6.45) is 0.146. The van der Waals surface area contributed by atoms with E-state index in [1.165, 1.54) is 0 Å². The standard InChI is InChI=1S/C5H10N2O5S/c1-13(11,12)7-3(5(6)10)2-4(8)9/h3,7H,2H2,1H3,(H2,6,10)(H,8,9)/t3-/m1/s1. The average Bonchev–Trinajstić information content (AvgIpc) is 1.81. The summed E-state index contributed by atoms with van der Waals surface area (Å²) in [5.41, 5.74) is 4.76. The maximum atomic E-state index is 10.6. The molecule has 0 aromatic heterocycles. The third-order valence-electron chi connectivity index (χ3n) is 1.08. The summed E-state index contributed by atoms with van der Waals surface area (Å²) in [4.78, 5) is 20.7. The van der Waals surface area contributed by atoms with Gasteiger partial charge in [-0.25, -0.2) is 13.1 Å². The normalized spacial score (nSPS) is 13.6. The van der Waals surface area contributed by atoms with E-state index in [0.29, 0.717) is 0 Å². The van der Waals surface area contributed by atoms with Gasteiger partial charge in [0, 0.05) is 0 Å². The first-order valence-corrected chi connectivity index (χ1v) is 5.10. The highest BCUT2D eigenvalue weighted by atomic mass is 32.2. The number of aliphatic carboxylic acids is 1. The number of carbonyl (C=O) groups is 2. The largest absolute Gasteiger partial charge is 0.481 e. The highest BCUT2D eigenvalue weighted by molar-refractivity contribution is 7.88. The van der Waals surface area contributed by atoms with Crippen LogP contribution in [0.4, 0.5) is 0 Å². The number of carboxylic acids is 1. The molecule has 1 atom stereocenters. The van der Waals surface area contributed by atoms with Gasteiger partial charge in [-0.3, -0.25) is 9.59 Å². The fourth-order valence-electron chi connectivity index (χ4n) is 0.633. The molecule has 0 saturated heterocycles.